The van der Waals surface area contributed by atoms with E-state index in [2.05, 4.69) is 15.0 Å². The second kappa shape index (κ2) is 4.14. The molecule has 1 amide bonds. The third-order valence-electron chi connectivity index (χ3n) is 1.94. The molecule has 0 aliphatic heterocycles. The number of methoxy groups -OCH3 is 1. The van der Waals surface area contributed by atoms with E-state index in [1.807, 2.05) is 0 Å². The van der Waals surface area contributed by atoms with E-state index in [4.69, 9.17) is 10.5 Å². The molecule has 0 aliphatic rings. The number of carbonyl (C=O) groups excluding carboxylic acids is 1. The van der Waals surface area contributed by atoms with Crippen LogP contribution in [0.5, 0.6) is 5.88 Å². The number of hydrogen-bond acceptors (Lipinski definition) is 8. The number of rotatable bonds is 3. The summed E-state index contributed by atoms with van der Waals surface area (Å²) in [5, 5.41) is -0.366. The Balaban J connectivity index is 2.80. The molecule has 0 fully saturated rings. The third kappa shape index (κ3) is 2.11. The fourth-order valence-corrected chi connectivity index (χ4v) is 2.54. The Morgan fingerprint density at radius 3 is 2.50 bits per heavy atom. The van der Waals surface area contributed by atoms with Gasteiger partial charge in [0.05, 0.1) is 7.11 Å². The minimum absolute atomic E-state index is 0.0100. The third-order valence-corrected chi connectivity index (χ3v) is 3.75. The van der Waals surface area contributed by atoms with E-state index in [9.17, 15) is 13.2 Å². The van der Waals surface area contributed by atoms with Gasteiger partial charge < -0.3 is 10.5 Å². The SMILES string of the molecule is COc1nc(S(C)(=O)=O)nc2sc(C(N)=O)nc12. The van der Waals surface area contributed by atoms with Crippen molar-refractivity contribution < 1.29 is 17.9 Å². The van der Waals surface area contributed by atoms with Gasteiger partial charge in [0.2, 0.25) is 15.7 Å². The molecule has 8 nitrogen and oxygen atoms in total. The van der Waals surface area contributed by atoms with Gasteiger partial charge >= 0.3 is 0 Å². The molecule has 2 aromatic rings. The molecule has 0 saturated heterocycles. The van der Waals surface area contributed by atoms with Crippen LogP contribution in [0.15, 0.2) is 5.16 Å². The fourth-order valence-electron chi connectivity index (χ4n) is 1.19. The monoisotopic (exact) mass is 288 g/mol. The number of ether oxygens (including phenoxy) is 1. The van der Waals surface area contributed by atoms with Gasteiger partial charge in [-0.05, 0) is 0 Å². The van der Waals surface area contributed by atoms with Crippen molar-refractivity contribution in [3.8, 4) is 5.88 Å². The van der Waals surface area contributed by atoms with E-state index in [0.717, 1.165) is 17.6 Å². The lowest BCUT2D eigenvalue weighted by atomic mass is 10.5. The summed E-state index contributed by atoms with van der Waals surface area (Å²) in [7, 11) is -2.26. The second-order valence-electron chi connectivity index (χ2n) is 3.32. The van der Waals surface area contributed by atoms with Crippen molar-refractivity contribution in [1.82, 2.24) is 15.0 Å². The molecule has 2 N–H and O–H groups in total. The fraction of sp³-hybridized carbons (Fsp3) is 0.250. The largest absolute Gasteiger partial charge is 0.479 e. The van der Waals surface area contributed by atoms with Gasteiger partial charge in [-0.1, -0.05) is 11.3 Å². The van der Waals surface area contributed by atoms with Gasteiger partial charge in [-0.25, -0.2) is 18.4 Å². The van der Waals surface area contributed by atoms with Crippen molar-refractivity contribution in [2.45, 2.75) is 5.16 Å². The van der Waals surface area contributed by atoms with E-state index in [0.29, 0.717) is 0 Å². The lowest BCUT2D eigenvalue weighted by Crippen LogP contribution is -2.09. The number of nitrogens with two attached hydrogens (primary N) is 1. The van der Waals surface area contributed by atoms with Crippen LogP contribution in [-0.4, -0.2) is 42.6 Å². The molecule has 2 aromatic heterocycles. The standard InChI is InChI=1S/C8H8N4O4S2/c1-16-5-3-6(17-7(10-3)4(9)13)12-8(11-5)18(2,14)15/h1-2H3,(H2,9,13). The summed E-state index contributed by atoms with van der Waals surface area (Å²) in [6.45, 7) is 0. The smallest absolute Gasteiger partial charge is 0.277 e. The predicted octanol–water partition coefficient (Wildman–Crippen LogP) is -0.403. The summed E-state index contributed by atoms with van der Waals surface area (Å²) in [5.41, 5.74) is 5.31. The number of amides is 1. The summed E-state index contributed by atoms with van der Waals surface area (Å²) >= 11 is 0.884. The number of hydrogen-bond donors (Lipinski definition) is 1. The van der Waals surface area contributed by atoms with Crippen LogP contribution in [-0.2, 0) is 9.84 Å². The van der Waals surface area contributed by atoms with E-state index < -0.39 is 15.7 Å². The van der Waals surface area contributed by atoms with Crippen LogP contribution in [0.1, 0.15) is 9.80 Å². The highest BCUT2D eigenvalue weighted by atomic mass is 32.2. The quantitative estimate of drug-likeness (QED) is 0.761. The van der Waals surface area contributed by atoms with Gasteiger partial charge in [-0.15, -0.1) is 0 Å². The molecule has 0 saturated carbocycles. The average molecular weight is 288 g/mol. The maximum atomic E-state index is 11.4. The van der Waals surface area contributed by atoms with Crippen molar-refractivity contribution in [3.05, 3.63) is 5.01 Å². The van der Waals surface area contributed by atoms with Crippen molar-refractivity contribution in [2.75, 3.05) is 13.4 Å². The number of carbonyl (C=O) groups is 1. The van der Waals surface area contributed by atoms with Crippen molar-refractivity contribution >= 4 is 37.4 Å². The molecular weight excluding hydrogens is 280 g/mol. The molecule has 0 aromatic carbocycles. The molecule has 96 valence electrons. The molecule has 0 unspecified atom stereocenters. The summed E-state index contributed by atoms with van der Waals surface area (Å²) in [6.07, 6.45) is 0.976. The first kappa shape index (κ1) is 12.6. The molecule has 0 aliphatic carbocycles. The minimum Gasteiger partial charge on any atom is -0.479 e. The molecule has 10 heteroatoms. The lowest BCUT2D eigenvalue weighted by Gasteiger charge is -2.01. The van der Waals surface area contributed by atoms with Gasteiger partial charge in [0, 0.05) is 6.26 Å². The summed E-state index contributed by atoms with van der Waals surface area (Å²) in [6, 6.07) is 0. The Kier molecular flexibility index (Phi) is 2.91. The normalized spacial score (nSPS) is 11.7. The summed E-state index contributed by atoms with van der Waals surface area (Å²) in [4.78, 5) is 22.7. The van der Waals surface area contributed by atoms with Gasteiger partial charge in [-0.2, -0.15) is 4.98 Å². The van der Waals surface area contributed by atoms with Crippen molar-refractivity contribution in [2.24, 2.45) is 5.73 Å². The number of nitrogens with zero attached hydrogens (tertiary/aromatic N) is 3. The highest BCUT2D eigenvalue weighted by Crippen LogP contribution is 2.27. The molecule has 2 heterocycles. The molecule has 0 spiro atoms. The van der Waals surface area contributed by atoms with Crippen molar-refractivity contribution in [3.63, 3.8) is 0 Å². The van der Waals surface area contributed by atoms with Gasteiger partial charge in [-0.3, -0.25) is 4.79 Å². The molecule has 0 atom stereocenters. The number of fused-ring (bicyclic) bond motifs is 1. The Labute approximate surface area is 106 Å². The first-order chi connectivity index (χ1) is 8.32. The van der Waals surface area contributed by atoms with Crippen LogP contribution in [0.4, 0.5) is 0 Å². The van der Waals surface area contributed by atoms with Gasteiger partial charge in [0.15, 0.2) is 15.4 Å². The number of sulfone groups is 1. The summed E-state index contributed by atoms with van der Waals surface area (Å²) < 4.78 is 27.7. The first-order valence-electron chi connectivity index (χ1n) is 4.55. The van der Waals surface area contributed by atoms with Crippen LogP contribution in [0, 0.1) is 0 Å². The zero-order chi connectivity index (χ0) is 13.5. The molecule has 18 heavy (non-hydrogen) atoms. The van der Waals surface area contributed by atoms with E-state index in [1.165, 1.54) is 7.11 Å². The average Bonchev–Trinajstić information content (AvgIpc) is 2.70. The maximum Gasteiger partial charge on any atom is 0.277 e. The van der Waals surface area contributed by atoms with E-state index >= 15 is 0 Å². The molecule has 2 rings (SSSR count). The predicted molar refractivity (Wildman–Crippen MR) is 63.4 cm³/mol. The first-order valence-corrected chi connectivity index (χ1v) is 7.26. The van der Waals surface area contributed by atoms with E-state index in [-0.39, 0.29) is 26.4 Å². The Bertz CT molecular complexity index is 737. The minimum atomic E-state index is -3.58. The van der Waals surface area contributed by atoms with Crippen LogP contribution in [0.2, 0.25) is 0 Å². The van der Waals surface area contributed by atoms with Crippen LogP contribution in [0.25, 0.3) is 10.3 Å². The van der Waals surface area contributed by atoms with E-state index in [1.54, 1.807) is 0 Å². The Morgan fingerprint density at radius 2 is 2.00 bits per heavy atom. The topological polar surface area (TPSA) is 125 Å². The zero-order valence-electron chi connectivity index (χ0n) is 9.37. The number of primary amides is 1. The molecule has 0 bridgehead atoms. The number of aromatic nitrogens is 3. The maximum absolute atomic E-state index is 11.4. The van der Waals surface area contributed by atoms with Gasteiger partial charge in [0.25, 0.3) is 11.1 Å². The highest BCUT2D eigenvalue weighted by molar-refractivity contribution is 7.90. The van der Waals surface area contributed by atoms with Crippen molar-refractivity contribution in [1.29, 1.82) is 0 Å². The molecular formula is C8H8N4O4S2. The Morgan fingerprint density at radius 1 is 1.33 bits per heavy atom. The van der Waals surface area contributed by atoms with Crippen LogP contribution < -0.4 is 10.5 Å². The van der Waals surface area contributed by atoms with Crippen LogP contribution in [0.3, 0.4) is 0 Å². The Hall–Kier alpha value is -1.81. The zero-order valence-corrected chi connectivity index (χ0v) is 11.0. The summed E-state index contributed by atoms with van der Waals surface area (Å²) in [5.74, 6) is -0.731. The van der Waals surface area contributed by atoms with Crippen LogP contribution >= 0.6 is 11.3 Å². The number of thiazole rings is 1. The molecule has 0 radical (unpaired) electrons. The second-order valence-corrected chi connectivity index (χ2v) is 6.21. The lowest BCUT2D eigenvalue weighted by molar-refractivity contribution is 0.1000. The van der Waals surface area contributed by atoms with Gasteiger partial charge in [0.1, 0.15) is 0 Å². The highest BCUT2D eigenvalue weighted by Gasteiger charge is 2.20.